The number of ketones is 1. The average Bonchev–Trinajstić information content (AvgIpc) is 2.54. The SMILES string of the molecule is NCc1cc2c(c(C(=O)c3ccc(Br)cc3)c1O)CCCC2. The van der Waals surface area contributed by atoms with Crippen molar-refractivity contribution in [2.45, 2.75) is 32.2 Å². The molecule has 1 aliphatic carbocycles. The van der Waals surface area contributed by atoms with Crippen LogP contribution in [0.5, 0.6) is 5.75 Å². The minimum absolute atomic E-state index is 0.0519. The molecule has 0 unspecified atom stereocenters. The van der Waals surface area contributed by atoms with Crippen molar-refractivity contribution in [3.63, 3.8) is 0 Å². The number of benzene rings is 2. The van der Waals surface area contributed by atoms with Crippen LogP contribution in [0.4, 0.5) is 0 Å². The third-order valence-electron chi connectivity index (χ3n) is 4.26. The molecule has 0 bridgehead atoms. The lowest BCUT2D eigenvalue weighted by molar-refractivity contribution is 0.103. The van der Waals surface area contributed by atoms with Crippen LogP contribution in [0, 0.1) is 0 Å². The molecule has 0 spiro atoms. The van der Waals surface area contributed by atoms with Gasteiger partial charge in [0.1, 0.15) is 5.75 Å². The highest BCUT2D eigenvalue weighted by atomic mass is 79.9. The summed E-state index contributed by atoms with van der Waals surface area (Å²) in [6, 6.07) is 9.18. The van der Waals surface area contributed by atoms with E-state index in [2.05, 4.69) is 15.9 Å². The molecule has 0 saturated heterocycles. The molecule has 3 N–H and O–H groups in total. The largest absolute Gasteiger partial charge is 0.507 e. The van der Waals surface area contributed by atoms with Gasteiger partial charge in [0.25, 0.3) is 0 Å². The minimum Gasteiger partial charge on any atom is -0.507 e. The van der Waals surface area contributed by atoms with Gasteiger partial charge in [0.05, 0.1) is 5.56 Å². The Balaban J connectivity index is 2.16. The van der Waals surface area contributed by atoms with E-state index < -0.39 is 0 Å². The van der Waals surface area contributed by atoms with E-state index in [9.17, 15) is 9.90 Å². The number of nitrogens with two attached hydrogens (primary N) is 1. The van der Waals surface area contributed by atoms with Crippen molar-refractivity contribution in [3.8, 4) is 5.75 Å². The second-order valence-corrected chi connectivity index (χ2v) is 6.56. The Kier molecular flexibility index (Phi) is 4.32. The van der Waals surface area contributed by atoms with Gasteiger partial charge in [-0.05, 0) is 61.1 Å². The number of hydrogen-bond donors (Lipinski definition) is 2. The molecule has 4 heteroatoms. The number of rotatable bonds is 3. The molecule has 0 fully saturated rings. The van der Waals surface area contributed by atoms with E-state index in [4.69, 9.17) is 5.73 Å². The number of phenolic OH excluding ortho intramolecular Hbond substituents is 1. The van der Waals surface area contributed by atoms with Gasteiger partial charge in [-0.3, -0.25) is 4.79 Å². The molecule has 0 amide bonds. The predicted octanol–water partition coefficient (Wildman–Crippen LogP) is 3.72. The van der Waals surface area contributed by atoms with Crippen molar-refractivity contribution in [2.75, 3.05) is 0 Å². The fourth-order valence-corrected chi connectivity index (χ4v) is 3.37. The minimum atomic E-state index is -0.126. The summed E-state index contributed by atoms with van der Waals surface area (Å²) in [5, 5.41) is 10.5. The Bertz CT molecular complexity index is 723. The zero-order valence-corrected chi connectivity index (χ0v) is 13.8. The molecule has 2 aromatic rings. The molecule has 0 saturated carbocycles. The van der Waals surface area contributed by atoms with Crippen LogP contribution in [-0.2, 0) is 19.4 Å². The molecule has 3 rings (SSSR count). The van der Waals surface area contributed by atoms with E-state index >= 15 is 0 Å². The van der Waals surface area contributed by atoms with Gasteiger partial charge in [-0.15, -0.1) is 0 Å². The maximum atomic E-state index is 12.9. The topological polar surface area (TPSA) is 63.3 Å². The normalized spacial score (nSPS) is 13.7. The first kappa shape index (κ1) is 15.3. The Morgan fingerprint density at radius 3 is 2.55 bits per heavy atom. The summed E-state index contributed by atoms with van der Waals surface area (Å²) in [4.78, 5) is 12.9. The van der Waals surface area contributed by atoms with E-state index in [0.717, 1.165) is 41.3 Å². The lowest BCUT2D eigenvalue weighted by Gasteiger charge is -2.22. The lowest BCUT2D eigenvalue weighted by atomic mass is 9.83. The number of halogens is 1. The van der Waals surface area contributed by atoms with Crippen LogP contribution in [0.15, 0.2) is 34.8 Å². The smallest absolute Gasteiger partial charge is 0.197 e. The molecular weight excluding hydrogens is 342 g/mol. The van der Waals surface area contributed by atoms with E-state index in [-0.39, 0.29) is 18.1 Å². The Morgan fingerprint density at radius 2 is 1.86 bits per heavy atom. The van der Waals surface area contributed by atoms with Gasteiger partial charge in [0.2, 0.25) is 0 Å². The van der Waals surface area contributed by atoms with Crippen molar-refractivity contribution in [1.82, 2.24) is 0 Å². The van der Waals surface area contributed by atoms with Crippen molar-refractivity contribution in [2.24, 2.45) is 5.73 Å². The van der Waals surface area contributed by atoms with Gasteiger partial charge >= 0.3 is 0 Å². The van der Waals surface area contributed by atoms with Gasteiger partial charge in [0.15, 0.2) is 5.78 Å². The molecular formula is C18H18BrNO2. The van der Waals surface area contributed by atoms with E-state index in [1.165, 1.54) is 0 Å². The highest BCUT2D eigenvalue weighted by molar-refractivity contribution is 9.10. The van der Waals surface area contributed by atoms with Crippen LogP contribution in [0.25, 0.3) is 0 Å². The Hall–Kier alpha value is -1.65. The monoisotopic (exact) mass is 359 g/mol. The summed E-state index contributed by atoms with van der Waals surface area (Å²) in [7, 11) is 0. The molecule has 114 valence electrons. The summed E-state index contributed by atoms with van der Waals surface area (Å²) < 4.78 is 0.922. The second-order valence-electron chi connectivity index (χ2n) is 5.64. The van der Waals surface area contributed by atoms with Gasteiger partial charge in [-0.25, -0.2) is 0 Å². The average molecular weight is 360 g/mol. The van der Waals surface area contributed by atoms with Crippen molar-refractivity contribution >= 4 is 21.7 Å². The number of hydrogen-bond acceptors (Lipinski definition) is 3. The Morgan fingerprint density at radius 1 is 1.18 bits per heavy atom. The third kappa shape index (κ3) is 2.69. The van der Waals surface area contributed by atoms with Crippen LogP contribution in [0.3, 0.4) is 0 Å². The van der Waals surface area contributed by atoms with Gasteiger partial charge in [0, 0.05) is 22.1 Å². The Labute approximate surface area is 138 Å². The molecule has 0 heterocycles. The number of carbonyl (C=O) groups excluding carboxylic acids is 1. The molecule has 1 aliphatic rings. The fourth-order valence-electron chi connectivity index (χ4n) is 3.10. The summed E-state index contributed by atoms with van der Waals surface area (Å²) in [5.74, 6) is -0.0745. The summed E-state index contributed by atoms with van der Waals surface area (Å²) >= 11 is 3.37. The van der Waals surface area contributed by atoms with E-state index in [1.54, 1.807) is 12.1 Å². The highest BCUT2D eigenvalue weighted by Crippen LogP contribution is 2.35. The highest BCUT2D eigenvalue weighted by Gasteiger charge is 2.24. The van der Waals surface area contributed by atoms with Crippen molar-refractivity contribution in [1.29, 1.82) is 0 Å². The second kappa shape index (κ2) is 6.23. The number of carbonyl (C=O) groups is 1. The van der Waals surface area contributed by atoms with Gasteiger partial charge < -0.3 is 10.8 Å². The van der Waals surface area contributed by atoms with Crippen LogP contribution in [-0.4, -0.2) is 10.9 Å². The maximum absolute atomic E-state index is 12.9. The maximum Gasteiger partial charge on any atom is 0.197 e. The summed E-state index contributed by atoms with van der Waals surface area (Å²) in [5.41, 5.74) is 9.57. The lowest BCUT2D eigenvalue weighted by Crippen LogP contribution is -2.14. The van der Waals surface area contributed by atoms with Crippen LogP contribution >= 0.6 is 15.9 Å². The van der Waals surface area contributed by atoms with Crippen LogP contribution in [0.1, 0.15) is 45.5 Å². The molecule has 0 aromatic heterocycles. The number of phenols is 1. The standard InChI is InChI=1S/C18H18BrNO2/c19-14-7-5-11(6-8-14)17(21)16-15-4-2-1-3-12(15)9-13(10-20)18(16)22/h5-9,22H,1-4,10,20H2. The van der Waals surface area contributed by atoms with Crippen molar-refractivity contribution < 1.29 is 9.90 Å². The summed E-state index contributed by atoms with van der Waals surface area (Å²) in [6.45, 7) is 0.236. The zero-order valence-electron chi connectivity index (χ0n) is 12.2. The molecule has 0 atom stereocenters. The van der Waals surface area contributed by atoms with Crippen molar-refractivity contribution in [3.05, 3.63) is 62.6 Å². The first-order chi connectivity index (χ1) is 10.6. The molecule has 3 nitrogen and oxygen atoms in total. The number of aryl methyl sites for hydroxylation is 1. The number of fused-ring (bicyclic) bond motifs is 1. The van der Waals surface area contributed by atoms with Crippen LogP contribution < -0.4 is 5.73 Å². The van der Waals surface area contributed by atoms with E-state index in [0.29, 0.717) is 16.7 Å². The first-order valence-electron chi connectivity index (χ1n) is 7.48. The molecule has 0 radical (unpaired) electrons. The predicted molar refractivity (Wildman–Crippen MR) is 90.2 cm³/mol. The zero-order chi connectivity index (χ0) is 15.7. The fraction of sp³-hybridized carbons (Fsp3) is 0.278. The number of aromatic hydroxyl groups is 1. The molecule has 0 aliphatic heterocycles. The third-order valence-corrected chi connectivity index (χ3v) is 4.78. The first-order valence-corrected chi connectivity index (χ1v) is 8.28. The van der Waals surface area contributed by atoms with Gasteiger partial charge in [-0.2, -0.15) is 0 Å². The molecule has 22 heavy (non-hydrogen) atoms. The van der Waals surface area contributed by atoms with Crippen LogP contribution in [0.2, 0.25) is 0 Å². The van der Waals surface area contributed by atoms with E-state index in [1.807, 2.05) is 18.2 Å². The quantitative estimate of drug-likeness (QED) is 0.820. The molecule has 2 aromatic carbocycles. The van der Waals surface area contributed by atoms with Gasteiger partial charge in [-0.1, -0.05) is 22.0 Å². The summed E-state index contributed by atoms with van der Waals surface area (Å²) in [6.07, 6.45) is 3.96.